The van der Waals surface area contributed by atoms with Gasteiger partial charge in [0, 0.05) is 5.56 Å². The molecule has 0 heterocycles. The number of hydrogen-bond donors (Lipinski definition) is 2. The molecule has 1 atom stereocenters. The molecule has 0 spiro atoms. The van der Waals surface area contributed by atoms with Crippen molar-refractivity contribution in [3.8, 4) is 5.75 Å². The molecule has 0 bridgehead atoms. The zero-order valence-corrected chi connectivity index (χ0v) is 13.5. The van der Waals surface area contributed by atoms with Gasteiger partial charge in [-0.2, -0.15) is 0 Å². The zero-order valence-electron chi connectivity index (χ0n) is 13.5. The molecule has 0 aliphatic rings. The summed E-state index contributed by atoms with van der Waals surface area (Å²) in [5.41, 5.74) is 0.176. The van der Waals surface area contributed by atoms with Gasteiger partial charge in [-0.15, -0.1) is 0 Å². The Morgan fingerprint density at radius 3 is 2.55 bits per heavy atom. The van der Waals surface area contributed by atoms with Gasteiger partial charge in [-0.3, -0.25) is 0 Å². The van der Waals surface area contributed by atoms with Gasteiger partial charge in [0.05, 0.1) is 6.04 Å². The number of benzene rings is 2. The lowest BCUT2D eigenvalue weighted by Crippen LogP contribution is -2.34. The van der Waals surface area contributed by atoms with Crippen molar-refractivity contribution in [2.75, 3.05) is 0 Å². The van der Waals surface area contributed by atoms with Gasteiger partial charge in [-0.25, -0.2) is 4.79 Å². The van der Waals surface area contributed by atoms with Crippen LogP contribution in [0.4, 0.5) is 4.79 Å². The zero-order chi connectivity index (χ0) is 16.3. The number of fused-ring (bicyclic) bond motifs is 1. The third-order valence-electron chi connectivity index (χ3n) is 3.40. The first-order chi connectivity index (χ1) is 10.3. The van der Waals surface area contributed by atoms with Crippen molar-refractivity contribution < 1.29 is 14.6 Å². The van der Waals surface area contributed by atoms with Crippen molar-refractivity contribution >= 4 is 16.9 Å². The van der Waals surface area contributed by atoms with E-state index in [4.69, 9.17) is 4.74 Å². The summed E-state index contributed by atoms with van der Waals surface area (Å²) in [7, 11) is 0. The number of alkyl carbamates (subject to hydrolysis) is 1. The van der Waals surface area contributed by atoms with Gasteiger partial charge in [-0.1, -0.05) is 37.3 Å². The smallest absolute Gasteiger partial charge is 0.408 e. The number of nitrogens with one attached hydrogen (secondary N) is 1. The van der Waals surface area contributed by atoms with Crippen molar-refractivity contribution in [2.45, 2.75) is 45.8 Å². The fourth-order valence-corrected chi connectivity index (χ4v) is 2.48. The molecule has 0 saturated carbocycles. The molecule has 0 fully saturated rings. The lowest BCUT2D eigenvalue weighted by atomic mass is 9.96. The molecule has 118 valence electrons. The van der Waals surface area contributed by atoms with Gasteiger partial charge >= 0.3 is 6.09 Å². The Bertz CT molecular complexity index is 674. The third kappa shape index (κ3) is 3.70. The molecule has 22 heavy (non-hydrogen) atoms. The molecule has 0 saturated heterocycles. The van der Waals surface area contributed by atoms with Gasteiger partial charge in [0.15, 0.2) is 0 Å². The Kier molecular flexibility index (Phi) is 4.59. The highest BCUT2D eigenvalue weighted by Gasteiger charge is 2.22. The van der Waals surface area contributed by atoms with E-state index in [0.717, 1.165) is 16.3 Å². The lowest BCUT2D eigenvalue weighted by molar-refractivity contribution is 0.0502. The van der Waals surface area contributed by atoms with Crippen LogP contribution in [0.1, 0.15) is 45.7 Å². The van der Waals surface area contributed by atoms with Gasteiger partial charge in [-0.05, 0) is 44.0 Å². The monoisotopic (exact) mass is 301 g/mol. The number of ether oxygens (including phenoxy) is 1. The maximum atomic E-state index is 12.0. The summed E-state index contributed by atoms with van der Waals surface area (Å²) in [5.74, 6) is 0.182. The van der Waals surface area contributed by atoms with E-state index in [2.05, 4.69) is 5.32 Å². The Morgan fingerprint density at radius 2 is 1.91 bits per heavy atom. The van der Waals surface area contributed by atoms with Crippen LogP contribution in [0.2, 0.25) is 0 Å². The molecule has 4 nitrogen and oxygen atoms in total. The van der Waals surface area contributed by atoms with E-state index in [1.54, 1.807) is 6.07 Å². The van der Waals surface area contributed by atoms with Gasteiger partial charge in [0.25, 0.3) is 0 Å². The van der Waals surface area contributed by atoms with E-state index in [-0.39, 0.29) is 11.8 Å². The van der Waals surface area contributed by atoms with Gasteiger partial charge in [0.2, 0.25) is 0 Å². The summed E-state index contributed by atoms with van der Waals surface area (Å²) in [6.07, 6.45) is 0.174. The number of phenols is 1. The van der Waals surface area contributed by atoms with Crippen LogP contribution in [-0.4, -0.2) is 16.8 Å². The second-order valence-corrected chi connectivity index (χ2v) is 6.33. The number of carbonyl (C=O) groups excluding carboxylic acids is 1. The van der Waals surface area contributed by atoms with Crippen LogP contribution in [0.5, 0.6) is 5.75 Å². The molecule has 2 aromatic carbocycles. The van der Waals surface area contributed by atoms with E-state index < -0.39 is 11.7 Å². The number of phenolic OH excluding ortho intramolecular Hbond substituents is 1. The van der Waals surface area contributed by atoms with Crippen LogP contribution in [-0.2, 0) is 4.74 Å². The number of rotatable bonds is 3. The minimum atomic E-state index is -0.552. The van der Waals surface area contributed by atoms with E-state index >= 15 is 0 Å². The van der Waals surface area contributed by atoms with Gasteiger partial charge in [0.1, 0.15) is 11.4 Å². The fraction of sp³-hybridized carbons (Fsp3) is 0.389. The van der Waals surface area contributed by atoms with Crippen LogP contribution in [0.15, 0.2) is 36.4 Å². The molecule has 0 aliphatic heterocycles. The molecule has 4 heteroatoms. The van der Waals surface area contributed by atoms with Crippen LogP contribution >= 0.6 is 0 Å². The fourth-order valence-electron chi connectivity index (χ4n) is 2.48. The Labute approximate surface area is 131 Å². The first kappa shape index (κ1) is 16.1. The molecule has 0 aromatic heterocycles. The summed E-state index contributed by atoms with van der Waals surface area (Å²) in [6.45, 7) is 7.43. The average Bonchev–Trinajstić information content (AvgIpc) is 2.43. The first-order valence-electron chi connectivity index (χ1n) is 7.52. The highest BCUT2D eigenvalue weighted by Crippen LogP contribution is 2.33. The molecular weight excluding hydrogens is 278 g/mol. The quantitative estimate of drug-likeness (QED) is 0.876. The summed E-state index contributed by atoms with van der Waals surface area (Å²) in [6, 6.07) is 11.0. The maximum absolute atomic E-state index is 12.0. The van der Waals surface area contributed by atoms with Crippen molar-refractivity contribution in [2.24, 2.45) is 0 Å². The average molecular weight is 301 g/mol. The molecule has 2 rings (SSSR count). The maximum Gasteiger partial charge on any atom is 0.408 e. The lowest BCUT2D eigenvalue weighted by Gasteiger charge is -2.24. The van der Waals surface area contributed by atoms with Crippen LogP contribution in [0.3, 0.4) is 0 Å². The summed E-state index contributed by atoms with van der Waals surface area (Å²) in [5, 5.41) is 15.1. The Morgan fingerprint density at radius 1 is 1.23 bits per heavy atom. The Hall–Kier alpha value is -2.23. The third-order valence-corrected chi connectivity index (χ3v) is 3.40. The van der Waals surface area contributed by atoms with Crippen molar-refractivity contribution in [1.82, 2.24) is 5.32 Å². The predicted octanol–water partition coefficient (Wildman–Crippen LogP) is 4.52. The Balaban J connectivity index is 2.35. The van der Waals surface area contributed by atoms with Gasteiger partial charge < -0.3 is 15.2 Å². The number of carbonyl (C=O) groups is 1. The van der Waals surface area contributed by atoms with Crippen molar-refractivity contribution in [3.63, 3.8) is 0 Å². The van der Waals surface area contributed by atoms with E-state index in [0.29, 0.717) is 6.42 Å². The van der Waals surface area contributed by atoms with E-state index in [1.165, 1.54) is 0 Å². The van der Waals surface area contributed by atoms with Crippen molar-refractivity contribution in [3.05, 3.63) is 42.0 Å². The summed E-state index contributed by atoms with van der Waals surface area (Å²) in [4.78, 5) is 12.0. The number of hydrogen-bond acceptors (Lipinski definition) is 3. The molecule has 2 N–H and O–H groups in total. The highest BCUT2D eigenvalue weighted by molar-refractivity contribution is 5.88. The van der Waals surface area contributed by atoms with E-state index in [1.807, 2.05) is 58.0 Å². The molecule has 1 unspecified atom stereocenters. The second kappa shape index (κ2) is 6.26. The minimum absolute atomic E-state index is 0.182. The normalized spacial score (nSPS) is 12.9. The first-order valence-corrected chi connectivity index (χ1v) is 7.52. The predicted molar refractivity (Wildman–Crippen MR) is 88.0 cm³/mol. The molecule has 0 radical (unpaired) electrons. The standard InChI is InChI=1S/C18H23NO3/c1-5-14(19-17(21)22-18(2,3)4)16-13-9-7-6-8-12(13)10-11-15(16)20/h6-11,14,20H,5H2,1-4H3,(H,19,21). The molecular formula is C18H23NO3. The molecule has 1 amide bonds. The summed E-state index contributed by atoms with van der Waals surface area (Å²) >= 11 is 0. The number of amides is 1. The van der Waals surface area contributed by atoms with Crippen molar-refractivity contribution in [1.29, 1.82) is 0 Å². The minimum Gasteiger partial charge on any atom is -0.508 e. The topological polar surface area (TPSA) is 58.6 Å². The second-order valence-electron chi connectivity index (χ2n) is 6.33. The molecule has 0 aliphatic carbocycles. The van der Waals surface area contributed by atoms with Crippen LogP contribution in [0, 0.1) is 0 Å². The van der Waals surface area contributed by atoms with Crippen LogP contribution < -0.4 is 5.32 Å². The SMILES string of the molecule is CCC(NC(=O)OC(C)(C)C)c1c(O)ccc2ccccc12. The summed E-state index contributed by atoms with van der Waals surface area (Å²) < 4.78 is 5.31. The van der Waals surface area contributed by atoms with Crippen LogP contribution in [0.25, 0.3) is 10.8 Å². The number of aromatic hydroxyl groups is 1. The molecule has 2 aromatic rings. The highest BCUT2D eigenvalue weighted by atomic mass is 16.6. The van der Waals surface area contributed by atoms with E-state index in [9.17, 15) is 9.90 Å². The largest absolute Gasteiger partial charge is 0.508 e.